The molecular weight excluding hydrogens is 918 g/mol. The maximum Gasteiger partial charge on any atom is 0.305 e. The number of nitrogens with one attached hydrogen (secondary N) is 1. The van der Waals surface area contributed by atoms with Gasteiger partial charge in [0.1, 0.15) is 36.5 Å². The van der Waals surface area contributed by atoms with Gasteiger partial charge in [-0.1, -0.05) is 23.2 Å². The molecule has 24 nitrogen and oxygen atoms in total. The zero-order valence-electron chi connectivity index (χ0n) is 33.4. The average Bonchev–Trinajstić information content (AvgIpc) is 3.93. The van der Waals surface area contributed by atoms with Crippen molar-refractivity contribution >= 4 is 111 Å². The van der Waals surface area contributed by atoms with E-state index in [-0.39, 0.29) is 45.3 Å². The van der Waals surface area contributed by atoms with E-state index >= 15 is 0 Å². The molecule has 0 saturated carbocycles. The van der Waals surface area contributed by atoms with E-state index in [1.54, 1.807) is 0 Å². The third kappa shape index (κ3) is 13.5. The molecular formula is C34H36Cl4N8O16. The van der Waals surface area contributed by atoms with Crippen molar-refractivity contribution < 1.29 is 76.2 Å². The lowest BCUT2D eigenvalue weighted by atomic mass is 10.1. The van der Waals surface area contributed by atoms with E-state index in [1.807, 2.05) is 0 Å². The Bertz CT molecular complexity index is 2310. The highest BCUT2D eigenvalue weighted by Crippen LogP contribution is 2.37. The van der Waals surface area contributed by atoms with Crippen LogP contribution in [0.4, 0.5) is 0 Å². The van der Waals surface area contributed by atoms with E-state index in [0.717, 1.165) is 20.8 Å². The molecule has 6 rings (SSSR count). The van der Waals surface area contributed by atoms with Gasteiger partial charge in [-0.25, -0.2) is 19.9 Å². The molecule has 2 saturated heterocycles. The van der Waals surface area contributed by atoms with E-state index in [1.165, 1.54) is 44.9 Å². The largest absolute Gasteiger partial charge is 0.463 e. The molecule has 28 heteroatoms. The first-order valence-electron chi connectivity index (χ1n) is 17.7. The monoisotopic (exact) mass is 952 g/mol. The Balaban J connectivity index is 0.000000224. The van der Waals surface area contributed by atoms with Crippen molar-refractivity contribution in [2.24, 2.45) is 0 Å². The van der Waals surface area contributed by atoms with E-state index in [9.17, 15) is 33.6 Å². The molecule has 0 amide bonds. The molecule has 2 unspecified atom stereocenters. The summed E-state index contributed by atoms with van der Waals surface area (Å²) in [5, 5.41) is 0.292. The summed E-state index contributed by atoms with van der Waals surface area (Å²) in [5.41, 5.74) is 1.55. The summed E-state index contributed by atoms with van der Waals surface area (Å²) >= 11 is 23.2. The smallest absolute Gasteiger partial charge is 0.305 e. The Labute approximate surface area is 369 Å². The Hall–Kier alpha value is -5.53. The van der Waals surface area contributed by atoms with Crippen LogP contribution in [0.5, 0.6) is 0 Å². The maximum atomic E-state index is 11.7. The van der Waals surface area contributed by atoms with Crippen molar-refractivity contribution in [2.45, 2.75) is 97.6 Å². The van der Waals surface area contributed by atoms with Gasteiger partial charge in [0.25, 0.3) is 0 Å². The number of aromatic nitrogens is 8. The van der Waals surface area contributed by atoms with Crippen LogP contribution in [0.3, 0.4) is 0 Å². The normalized spacial score (nSPS) is 22.6. The summed E-state index contributed by atoms with van der Waals surface area (Å²) in [4.78, 5) is 105. The average molecular weight is 955 g/mol. The Morgan fingerprint density at radius 1 is 0.597 bits per heavy atom. The number of esters is 7. The Morgan fingerprint density at radius 3 is 1.63 bits per heavy atom. The van der Waals surface area contributed by atoms with Gasteiger partial charge in [-0.15, -0.1) is 0 Å². The van der Waals surface area contributed by atoms with Gasteiger partial charge in [0.15, 0.2) is 46.1 Å². The van der Waals surface area contributed by atoms with Gasteiger partial charge in [0.2, 0.25) is 23.0 Å². The van der Waals surface area contributed by atoms with Crippen molar-refractivity contribution in [1.29, 1.82) is 0 Å². The predicted molar refractivity (Wildman–Crippen MR) is 207 cm³/mol. The number of carbonyl (C=O) groups excluding carboxylic acids is 7. The summed E-state index contributed by atoms with van der Waals surface area (Å²) in [6, 6.07) is 0. The van der Waals surface area contributed by atoms with Crippen molar-refractivity contribution in [2.75, 3.05) is 13.2 Å². The third-order valence-electron chi connectivity index (χ3n) is 7.78. The first-order chi connectivity index (χ1) is 29.1. The van der Waals surface area contributed by atoms with Crippen LogP contribution < -0.4 is 0 Å². The van der Waals surface area contributed by atoms with Crippen molar-refractivity contribution in [3.8, 4) is 0 Å². The molecule has 2 aliphatic heterocycles. The zero-order valence-corrected chi connectivity index (χ0v) is 36.4. The van der Waals surface area contributed by atoms with Gasteiger partial charge >= 0.3 is 41.8 Å². The fraction of sp³-hybridized carbons (Fsp3) is 0.500. The highest BCUT2D eigenvalue weighted by atomic mass is 35.5. The molecule has 2 fully saturated rings. The van der Waals surface area contributed by atoms with Crippen molar-refractivity contribution in [1.82, 2.24) is 39.5 Å². The van der Waals surface area contributed by atoms with Crippen LogP contribution in [-0.2, 0) is 76.2 Å². The molecule has 2 aliphatic rings. The second kappa shape index (κ2) is 22.0. The second-order valence-electron chi connectivity index (χ2n) is 12.6. The minimum atomic E-state index is -1.26. The van der Waals surface area contributed by atoms with Crippen LogP contribution in [0.15, 0.2) is 12.7 Å². The van der Waals surface area contributed by atoms with E-state index in [0.29, 0.717) is 11.2 Å². The summed E-state index contributed by atoms with van der Waals surface area (Å²) in [6.45, 7) is 7.79. The minimum absolute atomic E-state index is 0.0220. The second-order valence-corrected chi connectivity index (χ2v) is 14.0. The first-order valence-corrected chi connectivity index (χ1v) is 19.2. The number of imidazole rings is 2. The highest BCUT2D eigenvalue weighted by Gasteiger charge is 2.52. The summed E-state index contributed by atoms with van der Waals surface area (Å²) in [6.07, 6.45) is -5.63. The van der Waals surface area contributed by atoms with Gasteiger partial charge < -0.3 is 47.6 Å². The highest BCUT2D eigenvalue weighted by molar-refractivity contribution is 6.35. The topological polar surface area (TPSA) is 301 Å². The number of nitrogens with zero attached hydrogens (tertiary/aromatic N) is 7. The van der Waals surface area contributed by atoms with E-state index < -0.39 is 90.9 Å². The first kappa shape index (κ1) is 49.1. The number of ether oxygens (including phenoxy) is 9. The summed E-state index contributed by atoms with van der Waals surface area (Å²) in [5.74, 6) is -4.38. The maximum absolute atomic E-state index is 11.7. The number of halogens is 4. The number of hydrogen-bond donors (Lipinski definition) is 1. The number of H-pyrrole nitrogens is 1. The molecule has 0 spiro atoms. The van der Waals surface area contributed by atoms with Gasteiger partial charge in [0, 0.05) is 48.5 Å². The molecule has 0 aliphatic carbocycles. The van der Waals surface area contributed by atoms with Crippen LogP contribution >= 0.6 is 46.4 Å². The molecule has 0 aromatic carbocycles. The number of aromatic amines is 1. The van der Waals surface area contributed by atoms with E-state index in [4.69, 9.17) is 89.0 Å². The van der Waals surface area contributed by atoms with Crippen LogP contribution in [0.2, 0.25) is 20.9 Å². The molecule has 4 aromatic heterocycles. The number of rotatable bonds is 10. The van der Waals surface area contributed by atoms with Gasteiger partial charge in [-0.2, -0.15) is 9.97 Å². The lowest BCUT2D eigenvalue weighted by molar-refractivity contribution is -0.197. The molecule has 62 heavy (non-hydrogen) atoms. The minimum Gasteiger partial charge on any atom is -0.463 e. The van der Waals surface area contributed by atoms with Crippen molar-refractivity contribution in [3.05, 3.63) is 33.5 Å². The fourth-order valence-electron chi connectivity index (χ4n) is 5.67. The number of fused-ring (bicyclic) bond motifs is 2. The standard InChI is InChI=1S/C16H16Cl2N4O7.C13H18O9.C5H2Cl2N4/c1-6(23)26-4-9-11(27-7(2)24)12(28-8(3)25)15(29-9)22-5-19-10-13(17)20-16(18)21-14(10)22;1-6(14)18-5-10-11(19-7(2)15)12(20-8(3)16)13(22-10)21-9(4)17;6-3-2-4(9-1-8-2)11-5(7)10-3/h5,9,11-12,15H,4H2,1-3H3;10-13H,5H2,1-4H3;1H,(H,8,9,10,11)/t9-,11+,12?,15-;10-,11+,12?,13-;/m11./s1. The lowest BCUT2D eigenvalue weighted by Gasteiger charge is -2.23. The number of carbonyl (C=O) groups is 7. The van der Waals surface area contributed by atoms with Crippen LogP contribution in [0.25, 0.3) is 22.3 Å². The molecule has 0 bridgehead atoms. The van der Waals surface area contributed by atoms with Gasteiger partial charge in [-0.05, 0) is 23.2 Å². The summed E-state index contributed by atoms with van der Waals surface area (Å²) < 4.78 is 48.2. The van der Waals surface area contributed by atoms with Crippen LogP contribution in [0, 0.1) is 0 Å². The lowest BCUT2D eigenvalue weighted by Crippen LogP contribution is -2.42. The Morgan fingerprint density at radius 2 is 1.08 bits per heavy atom. The SMILES string of the molecule is CC(=O)OC[C@H]1O[C@@H](OC(C)=O)C(OC(C)=O)[C@H]1OC(C)=O.CC(=O)OC[C@H]1O[C@@H](n2cnc3c(Cl)nc(Cl)nc32)C(OC(C)=O)[C@H]1OC(C)=O.Clc1nc(Cl)c2[nH]cnc2n1. The molecule has 8 atom stereocenters. The molecule has 4 aromatic rings. The molecule has 1 N–H and O–H groups in total. The van der Waals surface area contributed by atoms with E-state index in [2.05, 4.69) is 34.9 Å². The number of hydrogen-bond acceptors (Lipinski definition) is 22. The predicted octanol–water partition coefficient (Wildman–Crippen LogP) is 2.82. The quantitative estimate of drug-likeness (QED) is 0.103. The van der Waals surface area contributed by atoms with Crippen LogP contribution in [-0.4, -0.2) is 137 Å². The molecule has 0 radical (unpaired) electrons. The van der Waals surface area contributed by atoms with Crippen molar-refractivity contribution in [3.63, 3.8) is 0 Å². The zero-order chi connectivity index (χ0) is 46.0. The molecule has 336 valence electrons. The Kier molecular flexibility index (Phi) is 17.4. The van der Waals surface area contributed by atoms with Gasteiger partial charge in [-0.3, -0.25) is 38.1 Å². The van der Waals surface area contributed by atoms with Gasteiger partial charge in [0.05, 0.1) is 12.7 Å². The third-order valence-corrected chi connectivity index (χ3v) is 8.66. The summed E-state index contributed by atoms with van der Waals surface area (Å²) in [7, 11) is 0. The van der Waals surface area contributed by atoms with Crippen LogP contribution in [0.1, 0.15) is 54.7 Å². The molecule has 6 heterocycles. The fourth-order valence-corrected chi connectivity index (χ4v) is 6.52.